The first-order valence-corrected chi connectivity index (χ1v) is 33.2. The minimum atomic E-state index is -0.802. The number of unbranched alkanes of at least 4 members (excludes halogenated alkanes) is 33. The predicted octanol–water partition coefficient (Wildman–Crippen LogP) is 22.8. The monoisotopic (exact) mass is 1080 g/mol. The maximum absolute atomic E-state index is 12.9. The van der Waals surface area contributed by atoms with Crippen LogP contribution in [0.25, 0.3) is 0 Å². The molecule has 0 bridgehead atoms. The van der Waals surface area contributed by atoms with Crippen LogP contribution < -0.4 is 0 Å². The maximum atomic E-state index is 12.9. The summed E-state index contributed by atoms with van der Waals surface area (Å²) in [5.74, 6) is -0.930. The highest BCUT2D eigenvalue weighted by molar-refractivity contribution is 5.71. The largest absolute Gasteiger partial charge is 0.462 e. The predicted molar refractivity (Wildman–Crippen MR) is 339 cm³/mol. The molecule has 0 aliphatic heterocycles. The SMILES string of the molecule is CC/C=C\C/C=C\C/C=C\C/C=C\CCCCCCC(=O)OCC(COC(=O)CCCCCCCCCCCCCCCCCCCCCCCCCCCC)OC(=O)CCCCCC/C=C\C/C=C\C/C=C\C/C=C\CC. The quantitative estimate of drug-likeness (QED) is 0.0261. The minimum Gasteiger partial charge on any atom is -0.462 e. The van der Waals surface area contributed by atoms with Gasteiger partial charge in [0.15, 0.2) is 6.10 Å². The normalized spacial score (nSPS) is 12.7. The van der Waals surface area contributed by atoms with Crippen molar-refractivity contribution in [2.45, 2.75) is 329 Å². The van der Waals surface area contributed by atoms with Crippen molar-refractivity contribution in [1.82, 2.24) is 0 Å². The number of hydrogen-bond acceptors (Lipinski definition) is 6. The summed E-state index contributed by atoms with van der Waals surface area (Å²) in [6, 6.07) is 0. The molecule has 6 nitrogen and oxygen atoms in total. The lowest BCUT2D eigenvalue weighted by molar-refractivity contribution is -0.167. The number of rotatable bonds is 60. The third-order valence-corrected chi connectivity index (χ3v) is 14.3. The van der Waals surface area contributed by atoms with E-state index in [-0.39, 0.29) is 31.1 Å². The van der Waals surface area contributed by atoms with E-state index < -0.39 is 6.10 Å². The van der Waals surface area contributed by atoms with Gasteiger partial charge in [0.25, 0.3) is 0 Å². The molecule has 0 N–H and O–H groups in total. The Bertz CT molecular complexity index is 1530. The van der Waals surface area contributed by atoms with Crippen LogP contribution in [-0.2, 0) is 28.6 Å². The van der Waals surface area contributed by atoms with Crippen molar-refractivity contribution in [3.63, 3.8) is 0 Å². The molecule has 0 radical (unpaired) electrons. The molecule has 0 aliphatic carbocycles. The number of esters is 3. The lowest BCUT2D eigenvalue weighted by Gasteiger charge is -2.18. The van der Waals surface area contributed by atoms with E-state index in [1.54, 1.807) is 0 Å². The Hall–Kier alpha value is -3.67. The highest BCUT2D eigenvalue weighted by atomic mass is 16.6. The molecule has 0 aromatic heterocycles. The molecular formula is C72H124O6. The zero-order valence-electron chi connectivity index (χ0n) is 51.4. The molecule has 1 atom stereocenters. The molecule has 0 heterocycles. The smallest absolute Gasteiger partial charge is 0.306 e. The summed E-state index contributed by atoms with van der Waals surface area (Å²) in [5.41, 5.74) is 0. The molecule has 0 fully saturated rings. The summed E-state index contributed by atoms with van der Waals surface area (Å²) in [7, 11) is 0. The Morgan fingerprint density at radius 2 is 0.500 bits per heavy atom. The van der Waals surface area contributed by atoms with Gasteiger partial charge in [0.2, 0.25) is 0 Å². The highest BCUT2D eigenvalue weighted by Gasteiger charge is 2.19. The summed E-state index contributed by atoms with van der Waals surface area (Å²) >= 11 is 0. The first-order chi connectivity index (χ1) is 38.5. The van der Waals surface area contributed by atoms with Gasteiger partial charge in [0.1, 0.15) is 13.2 Å². The second kappa shape index (κ2) is 65.8. The standard InChI is InChI=1S/C72H124O6/c1-4-7-10-13-16-19-22-25-28-31-32-33-34-35-36-37-38-39-42-44-47-50-53-56-59-62-65-71(74)77-68-69(78-72(75)66-63-60-57-54-51-48-45-41-30-27-24-21-18-15-12-9-6-3)67-76-70(73)64-61-58-55-52-49-46-43-40-29-26-23-20-17-14-11-8-5-2/h8-9,11-12,17-18,20-21,26-27,29-30,43,45-46,48,69H,4-7,10,13-16,19,22-25,28,31-42,44,47,49-68H2,1-3H3/b11-8-,12-9-,20-17-,21-18-,29-26-,30-27-,46-43-,48-45-. The van der Waals surface area contributed by atoms with Crippen LogP contribution in [-0.4, -0.2) is 37.2 Å². The molecule has 0 saturated heterocycles. The van der Waals surface area contributed by atoms with Crippen LogP contribution in [0.3, 0.4) is 0 Å². The molecule has 0 aliphatic rings. The number of allylic oxidation sites excluding steroid dienone is 16. The van der Waals surface area contributed by atoms with Crippen molar-refractivity contribution in [2.75, 3.05) is 13.2 Å². The van der Waals surface area contributed by atoms with Gasteiger partial charge in [-0.1, -0.05) is 304 Å². The Morgan fingerprint density at radius 1 is 0.269 bits per heavy atom. The van der Waals surface area contributed by atoms with E-state index in [9.17, 15) is 14.4 Å². The van der Waals surface area contributed by atoms with E-state index in [4.69, 9.17) is 14.2 Å². The lowest BCUT2D eigenvalue weighted by Crippen LogP contribution is -2.30. The summed E-state index contributed by atoms with van der Waals surface area (Å²) in [5, 5.41) is 0. The number of carbonyl (C=O) groups is 3. The molecule has 448 valence electrons. The van der Waals surface area contributed by atoms with Gasteiger partial charge >= 0.3 is 17.9 Å². The fraction of sp³-hybridized carbons (Fsp3) is 0.736. The van der Waals surface area contributed by atoms with Gasteiger partial charge in [-0.25, -0.2) is 0 Å². The van der Waals surface area contributed by atoms with Crippen molar-refractivity contribution in [2.24, 2.45) is 0 Å². The number of hydrogen-bond donors (Lipinski definition) is 0. The zero-order chi connectivity index (χ0) is 56.4. The molecule has 0 amide bonds. The van der Waals surface area contributed by atoms with E-state index >= 15 is 0 Å². The molecular weight excluding hydrogens is 961 g/mol. The Labute approximate surface area is 483 Å². The van der Waals surface area contributed by atoms with E-state index in [1.165, 1.54) is 148 Å². The van der Waals surface area contributed by atoms with Crippen LogP contribution in [0.4, 0.5) is 0 Å². The number of ether oxygens (including phenoxy) is 3. The van der Waals surface area contributed by atoms with Crippen molar-refractivity contribution in [3.8, 4) is 0 Å². The van der Waals surface area contributed by atoms with Crippen molar-refractivity contribution in [1.29, 1.82) is 0 Å². The summed E-state index contributed by atoms with van der Waals surface area (Å²) < 4.78 is 16.9. The van der Waals surface area contributed by atoms with Gasteiger partial charge in [-0.3, -0.25) is 14.4 Å². The molecule has 0 aromatic carbocycles. The van der Waals surface area contributed by atoms with Crippen LogP contribution in [0, 0.1) is 0 Å². The van der Waals surface area contributed by atoms with Gasteiger partial charge in [0.05, 0.1) is 0 Å². The van der Waals surface area contributed by atoms with Crippen LogP contribution in [0.15, 0.2) is 97.2 Å². The van der Waals surface area contributed by atoms with Gasteiger partial charge in [0, 0.05) is 19.3 Å². The molecule has 0 rings (SSSR count). The minimum absolute atomic E-state index is 0.0938. The highest BCUT2D eigenvalue weighted by Crippen LogP contribution is 2.17. The van der Waals surface area contributed by atoms with Crippen LogP contribution in [0.5, 0.6) is 0 Å². The number of carbonyl (C=O) groups excluding carboxylic acids is 3. The molecule has 1 unspecified atom stereocenters. The van der Waals surface area contributed by atoms with E-state index in [0.29, 0.717) is 19.3 Å². The first-order valence-electron chi connectivity index (χ1n) is 33.2. The van der Waals surface area contributed by atoms with Gasteiger partial charge < -0.3 is 14.2 Å². The lowest BCUT2D eigenvalue weighted by atomic mass is 10.0. The summed E-state index contributed by atoms with van der Waals surface area (Å²) in [6.07, 6.45) is 88.6. The second-order valence-electron chi connectivity index (χ2n) is 22.0. The zero-order valence-corrected chi connectivity index (χ0v) is 51.4. The van der Waals surface area contributed by atoms with Crippen molar-refractivity contribution >= 4 is 17.9 Å². The third kappa shape index (κ3) is 63.2. The average molecular weight is 1090 g/mol. The summed E-state index contributed by atoms with van der Waals surface area (Å²) in [4.78, 5) is 38.4. The molecule has 0 aromatic rings. The van der Waals surface area contributed by atoms with Gasteiger partial charge in [-0.2, -0.15) is 0 Å². The van der Waals surface area contributed by atoms with Crippen LogP contribution in [0.1, 0.15) is 323 Å². The Balaban J connectivity index is 4.34. The van der Waals surface area contributed by atoms with Gasteiger partial charge in [-0.05, 0) is 96.3 Å². The fourth-order valence-electron chi connectivity index (χ4n) is 9.43. The fourth-order valence-corrected chi connectivity index (χ4v) is 9.43. The Morgan fingerprint density at radius 3 is 0.782 bits per heavy atom. The molecule has 78 heavy (non-hydrogen) atoms. The average Bonchev–Trinajstić information content (AvgIpc) is 3.44. The first kappa shape index (κ1) is 74.3. The Kier molecular flexibility index (Phi) is 62.7. The second-order valence-corrected chi connectivity index (χ2v) is 22.0. The van der Waals surface area contributed by atoms with E-state index in [1.807, 2.05) is 0 Å². The van der Waals surface area contributed by atoms with Gasteiger partial charge in [-0.15, -0.1) is 0 Å². The van der Waals surface area contributed by atoms with E-state index in [2.05, 4.69) is 118 Å². The maximum Gasteiger partial charge on any atom is 0.306 e. The van der Waals surface area contributed by atoms with E-state index in [0.717, 1.165) is 135 Å². The molecule has 0 saturated carbocycles. The third-order valence-electron chi connectivity index (χ3n) is 14.3. The van der Waals surface area contributed by atoms with Crippen LogP contribution in [0.2, 0.25) is 0 Å². The summed E-state index contributed by atoms with van der Waals surface area (Å²) in [6.45, 7) is 6.41. The van der Waals surface area contributed by atoms with Crippen molar-refractivity contribution in [3.05, 3.63) is 97.2 Å². The molecule has 6 heteroatoms. The topological polar surface area (TPSA) is 78.9 Å². The molecule has 0 spiro atoms. The van der Waals surface area contributed by atoms with Crippen LogP contribution >= 0.6 is 0 Å². The van der Waals surface area contributed by atoms with Crippen molar-refractivity contribution < 1.29 is 28.6 Å².